The molecule has 2 N–H and O–H groups in total. The second-order valence-electron chi connectivity index (χ2n) is 7.26. The Kier molecular flexibility index (Phi) is 5.21. The Hall–Kier alpha value is -2.99. The van der Waals surface area contributed by atoms with Crippen LogP contribution in [0.2, 0.25) is 0 Å². The number of rotatable bonds is 4. The van der Waals surface area contributed by atoms with Gasteiger partial charge in [-0.3, -0.25) is 9.88 Å². The highest BCUT2D eigenvalue weighted by Crippen LogP contribution is 2.23. The molecule has 1 fully saturated rings. The lowest BCUT2D eigenvalue weighted by Crippen LogP contribution is -2.39. The van der Waals surface area contributed by atoms with Crippen molar-refractivity contribution in [3.05, 3.63) is 71.8 Å². The lowest BCUT2D eigenvalue weighted by molar-refractivity contribution is 0.247. The number of halogens is 1. The number of aromatic nitrogens is 1. The molecule has 2 amide bonds. The number of urea groups is 1. The SMILES string of the molecule is Cc1cc2c(NC(=O)NC3CCN(Cc4ccccc4F)C3)cccc2cn1. The number of hydrogen-bond donors (Lipinski definition) is 2. The number of nitrogens with zero attached hydrogens (tertiary/aromatic N) is 2. The number of pyridine rings is 1. The number of hydrogen-bond acceptors (Lipinski definition) is 3. The number of benzene rings is 2. The van der Waals surface area contributed by atoms with Gasteiger partial charge in [-0.25, -0.2) is 9.18 Å². The summed E-state index contributed by atoms with van der Waals surface area (Å²) in [6.45, 7) is 4.03. The van der Waals surface area contributed by atoms with Crippen molar-refractivity contribution in [3.63, 3.8) is 0 Å². The topological polar surface area (TPSA) is 57.3 Å². The minimum atomic E-state index is -0.222. The van der Waals surface area contributed by atoms with Crippen molar-refractivity contribution in [2.45, 2.75) is 25.9 Å². The monoisotopic (exact) mass is 378 g/mol. The van der Waals surface area contributed by atoms with Gasteiger partial charge in [-0.1, -0.05) is 30.3 Å². The van der Waals surface area contributed by atoms with Crippen LogP contribution in [0.4, 0.5) is 14.9 Å². The van der Waals surface area contributed by atoms with Gasteiger partial charge in [0.05, 0.1) is 5.69 Å². The van der Waals surface area contributed by atoms with E-state index >= 15 is 0 Å². The van der Waals surface area contributed by atoms with Crippen LogP contribution in [0.1, 0.15) is 17.7 Å². The fourth-order valence-electron chi connectivity index (χ4n) is 3.69. The fourth-order valence-corrected chi connectivity index (χ4v) is 3.69. The van der Waals surface area contributed by atoms with Crippen molar-refractivity contribution in [2.24, 2.45) is 0 Å². The van der Waals surface area contributed by atoms with Crippen LogP contribution >= 0.6 is 0 Å². The summed E-state index contributed by atoms with van der Waals surface area (Å²) in [5, 5.41) is 7.95. The average molecular weight is 378 g/mol. The quantitative estimate of drug-likeness (QED) is 0.719. The zero-order valence-electron chi connectivity index (χ0n) is 15.8. The van der Waals surface area contributed by atoms with E-state index in [-0.39, 0.29) is 17.9 Å². The predicted octanol–water partition coefficient (Wildman–Crippen LogP) is 4.08. The first-order valence-electron chi connectivity index (χ1n) is 9.47. The highest BCUT2D eigenvalue weighted by Gasteiger charge is 2.24. The van der Waals surface area contributed by atoms with E-state index in [9.17, 15) is 9.18 Å². The van der Waals surface area contributed by atoms with Crippen molar-refractivity contribution < 1.29 is 9.18 Å². The van der Waals surface area contributed by atoms with Crippen LogP contribution in [-0.4, -0.2) is 35.0 Å². The third kappa shape index (κ3) is 4.12. The molecule has 0 aliphatic carbocycles. The maximum atomic E-state index is 13.8. The van der Waals surface area contributed by atoms with Crippen molar-refractivity contribution in [2.75, 3.05) is 18.4 Å². The largest absolute Gasteiger partial charge is 0.334 e. The van der Waals surface area contributed by atoms with Crippen molar-refractivity contribution in [3.8, 4) is 0 Å². The average Bonchev–Trinajstić information content (AvgIpc) is 3.11. The maximum absolute atomic E-state index is 13.8. The molecule has 0 bridgehead atoms. The Labute approximate surface area is 163 Å². The van der Waals surface area contributed by atoms with Crippen molar-refractivity contribution >= 4 is 22.5 Å². The Morgan fingerprint density at radius 3 is 2.96 bits per heavy atom. The summed E-state index contributed by atoms with van der Waals surface area (Å²) in [5.74, 6) is -0.183. The number of carbonyl (C=O) groups is 1. The number of nitrogens with one attached hydrogen (secondary N) is 2. The third-order valence-electron chi connectivity index (χ3n) is 5.11. The standard InChI is InChI=1S/C22H23FN4O/c1-15-11-19-16(12-24-15)6-4-8-21(19)26-22(28)25-18-9-10-27(14-18)13-17-5-2-3-7-20(17)23/h2-8,11-12,18H,9-10,13-14H2,1H3,(H2,25,26,28). The van der Waals surface area contributed by atoms with Gasteiger partial charge < -0.3 is 10.6 Å². The van der Waals surface area contributed by atoms with E-state index in [0.717, 1.165) is 35.1 Å². The summed E-state index contributed by atoms with van der Waals surface area (Å²) in [4.78, 5) is 19.0. The predicted molar refractivity (Wildman–Crippen MR) is 109 cm³/mol. The Morgan fingerprint density at radius 2 is 2.11 bits per heavy atom. The molecule has 1 aliphatic heterocycles. The first-order valence-corrected chi connectivity index (χ1v) is 9.47. The molecule has 1 unspecified atom stereocenters. The highest BCUT2D eigenvalue weighted by molar-refractivity contribution is 6.01. The van der Waals surface area contributed by atoms with Crippen LogP contribution in [0, 0.1) is 12.7 Å². The van der Waals surface area contributed by atoms with E-state index in [1.165, 1.54) is 6.07 Å². The fraction of sp³-hybridized carbons (Fsp3) is 0.273. The molecule has 0 saturated carbocycles. The molecule has 6 heteroatoms. The lowest BCUT2D eigenvalue weighted by atomic mass is 10.1. The molecule has 3 aromatic rings. The third-order valence-corrected chi connectivity index (χ3v) is 5.11. The summed E-state index contributed by atoms with van der Waals surface area (Å²) in [5.41, 5.74) is 2.36. The van der Waals surface area contributed by atoms with Gasteiger partial charge in [-0.05, 0) is 31.5 Å². The molecule has 2 heterocycles. The van der Waals surface area contributed by atoms with E-state index in [0.29, 0.717) is 18.7 Å². The van der Waals surface area contributed by atoms with Crippen LogP contribution < -0.4 is 10.6 Å². The van der Waals surface area contributed by atoms with Gasteiger partial charge in [0.2, 0.25) is 0 Å². The maximum Gasteiger partial charge on any atom is 0.319 e. The second kappa shape index (κ2) is 7.94. The van der Waals surface area contributed by atoms with E-state index in [4.69, 9.17) is 0 Å². The van der Waals surface area contributed by atoms with Gasteiger partial charge >= 0.3 is 6.03 Å². The molecule has 1 atom stereocenters. The molecule has 2 aromatic carbocycles. The molecule has 144 valence electrons. The van der Waals surface area contributed by atoms with Gasteiger partial charge in [0.15, 0.2) is 0 Å². The molecule has 0 spiro atoms. The van der Waals surface area contributed by atoms with Crippen LogP contribution in [0.3, 0.4) is 0 Å². The molecule has 28 heavy (non-hydrogen) atoms. The Bertz CT molecular complexity index is 1010. The van der Waals surface area contributed by atoms with Crippen molar-refractivity contribution in [1.29, 1.82) is 0 Å². The molecule has 5 nitrogen and oxygen atoms in total. The normalized spacial score (nSPS) is 17.0. The van der Waals surface area contributed by atoms with Gasteiger partial charge in [0, 0.05) is 53.9 Å². The van der Waals surface area contributed by atoms with E-state index < -0.39 is 0 Å². The van der Waals surface area contributed by atoms with Gasteiger partial charge in [0.1, 0.15) is 5.82 Å². The van der Waals surface area contributed by atoms with Gasteiger partial charge in [-0.15, -0.1) is 0 Å². The smallest absolute Gasteiger partial charge is 0.319 e. The van der Waals surface area contributed by atoms with Crippen LogP contribution in [0.15, 0.2) is 54.7 Å². The second-order valence-corrected chi connectivity index (χ2v) is 7.26. The minimum absolute atomic E-state index is 0.0464. The summed E-state index contributed by atoms with van der Waals surface area (Å²) in [6, 6.07) is 14.4. The van der Waals surface area contributed by atoms with Gasteiger partial charge in [-0.2, -0.15) is 0 Å². The van der Waals surface area contributed by atoms with E-state index in [2.05, 4.69) is 20.5 Å². The first kappa shape index (κ1) is 18.4. The molecular weight excluding hydrogens is 355 g/mol. The zero-order valence-corrected chi connectivity index (χ0v) is 15.8. The number of carbonyl (C=O) groups excluding carboxylic acids is 1. The molecule has 1 saturated heterocycles. The molecule has 4 rings (SSSR count). The van der Waals surface area contributed by atoms with Gasteiger partial charge in [0.25, 0.3) is 0 Å². The van der Waals surface area contributed by atoms with Crippen LogP contribution in [-0.2, 0) is 6.54 Å². The number of likely N-dealkylation sites (tertiary alicyclic amines) is 1. The van der Waals surface area contributed by atoms with E-state index in [1.54, 1.807) is 12.1 Å². The summed E-state index contributed by atoms with van der Waals surface area (Å²) in [6.07, 6.45) is 2.66. The Balaban J connectivity index is 1.36. The van der Waals surface area contributed by atoms with Crippen molar-refractivity contribution in [1.82, 2.24) is 15.2 Å². The number of amides is 2. The Morgan fingerprint density at radius 1 is 1.25 bits per heavy atom. The lowest BCUT2D eigenvalue weighted by Gasteiger charge is -2.17. The van der Waals surface area contributed by atoms with Crippen LogP contribution in [0.5, 0.6) is 0 Å². The number of aryl methyl sites for hydroxylation is 1. The summed E-state index contributed by atoms with van der Waals surface area (Å²) in [7, 11) is 0. The molecular formula is C22H23FN4O. The van der Waals surface area contributed by atoms with Crippen LogP contribution in [0.25, 0.3) is 10.8 Å². The molecule has 0 radical (unpaired) electrons. The number of anilines is 1. The minimum Gasteiger partial charge on any atom is -0.334 e. The van der Waals surface area contributed by atoms with E-state index in [1.807, 2.05) is 43.5 Å². The highest BCUT2D eigenvalue weighted by atomic mass is 19.1. The summed E-state index contributed by atoms with van der Waals surface area (Å²) >= 11 is 0. The first-order chi connectivity index (χ1) is 13.6. The molecule has 1 aromatic heterocycles. The summed E-state index contributed by atoms with van der Waals surface area (Å²) < 4.78 is 13.8. The zero-order chi connectivity index (χ0) is 19.5. The molecule has 1 aliphatic rings. The number of fused-ring (bicyclic) bond motifs is 1.